The minimum atomic E-state index is -3.79. The van der Waals surface area contributed by atoms with Crippen LogP contribution in [-0.4, -0.2) is 51.2 Å². The first kappa shape index (κ1) is 23.4. The molecule has 0 aliphatic carbocycles. The number of carbonyl (C=O) groups excluding carboxylic acids is 2. The fourth-order valence-electron chi connectivity index (χ4n) is 2.81. The van der Waals surface area contributed by atoms with Gasteiger partial charge >= 0.3 is 0 Å². The molecule has 0 aliphatic rings. The first-order valence-electron chi connectivity index (χ1n) is 9.61. The summed E-state index contributed by atoms with van der Waals surface area (Å²) in [5.74, 6) is 0.0174. The number of carbonyl (C=O) groups is 2. The largest absolute Gasteiger partial charge is 0.492 e. The molecule has 0 saturated carbocycles. The van der Waals surface area contributed by atoms with Crippen molar-refractivity contribution in [2.75, 3.05) is 31.6 Å². The van der Waals surface area contributed by atoms with Crippen LogP contribution in [0.15, 0.2) is 47.4 Å². The van der Waals surface area contributed by atoms with Gasteiger partial charge in [0.05, 0.1) is 12.2 Å². The molecule has 0 spiro atoms. The van der Waals surface area contributed by atoms with Crippen molar-refractivity contribution in [2.24, 2.45) is 0 Å². The van der Waals surface area contributed by atoms with Crippen molar-refractivity contribution >= 4 is 27.9 Å². The molecular weight excluding hydrogens is 408 g/mol. The van der Waals surface area contributed by atoms with Crippen LogP contribution in [0.4, 0.5) is 5.69 Å². The molecule has 2 rings (SSSR count). The molecule has 0 heterocycles. The molecule has 30 heavy (non-hydrogen) atoms. The number of rotatable bonds is 11. The molecule has 0 aliphatic heterocycles. The summed E-state index contributed by atoms with van der Waals surface area (Å²) < 4.78 is 38.2. The zero-order valence-electron chi connectivity index (χ0n) is 17.3. The van der Waals surface area contributed by atoms with E-state index < -0.39 is 15.9 Å². The van der Waals surface area contributed by atoms with Crippen LogP contribution in [0.2, 0.25) is 0 Å². The van der Waals surface area contributed by atoms with Crippen LogP contribution < -0.4 is 14.8 Å². The Hall–Kier alpha value is -2.91. The number of aldehydes is 1. The van der Waals surface area contributed by atoms with E-state index >= 15 is 0 Å². The molecular formula is C21H26N2O6S. The number of amides is 1. The standard InChI is InChI=1S/C21H26N2O6S/c1-4-23(5-2)30(26,27)20-13-17(11-12-19(20)28-6-3)22-21(25)15-29-18-10-8-7-9-16(18)14-24/h7-14H,4-6,15H2,1-3H3,(H,22,25). The van der Waals surface area contributed by atoms with Gasteiger partial charge in [0.15, 0.2) is 12.9 Å². The normalized spacial score (nSPS) is 11.2. The molecule has 2 aromatic carbocycles. The van der Waals surface area contributed by atoms with E-state index in [9.17, 15) is 18.0 Å². The Morgan fingerprint density at radius 1 is 1.03 bits per heavy atom. The predicted molar refractivity (Wildman–Crippen MR) is 114 cm³/mol. The summed E-state index contributed by atoms with van der Waals surface area (Å²) in [6, 6.07) is 11.0. The van der Waals surface area contributed by atoms with Gasteiger partial charge in [-0.1, -0.05) is 26.0 Å². The maximum absolute atomic E-state index is 13.0. The van der Waals surface area contributed by atoms with Crippen molar-refractivity contribution in [3.05, 3.63) is 48.0 Å². The summed E-state index contributed by atoms with van der Waals surface area (Å²) in [6.45, 7) is 5.85. The molecule has 0 aromatic heterocycles. The van der Waals surface area contributed by atoms with Gasteiger partial charge in [0.25, 0.3) is 5.91 Å². The van der Waals surface area contributed by atoms with E-state index in [1.807, 2.05) is 0 Å². The number of nitrogens with zero attached hydrogens (tertiary/aromatic N) is 1. The quantitative estimate of drug-likeness (QED) is 0.546. The van der Waals surface area contributed by atoms with Gasteiger partial charge in [-0.3, -0.25) is 9.59 Å². The lowest BCUT2D eigenvalue weighted by Crippen LogP contribution is -2.31. The second-order valence-corrected chi connectivity index (χ2v) is 8.08. The highest BCUT2D eigenvalue weighted by Crippen LogP contribution is 2.30. The second kappa shape index (κ2) is 10.7. The van der Waals surface area contributed by atoms with Gasteiger partial charge in [-0.05, 0) is 37.3 Å². The minimum absolute atomic E-state index is 0.0157. The summed E-state index contributed by atoms with van der Waals surface area (Å²) in [5, 5.41) is 2.62. The lowest BCUT2D eigenvalue weighted by Gasteiger charge is -2.21. The van der Waals surface area contributed by atoms with Crippen molar-refractivity contribution in [3.63, 3.8) is 0 Å². The Morgan fingerprint density at radius 2 is 1.73 bits per heavy atom. The average molecular weight is 435 g/mol. The van der Waals surface area contributed by atoms with Gasteiger partial charge in [0.2, 0.25) is 10.0 Å². The summed E-state index contributed by atoms with van der Waals surface area (Å²) in [5.41, 5.74) is 0.625. The van der Waals surface area contributed by atoms with Crippen molar-refractivity contribution in [3.8, 4) is 11.5 Å². The molecule has 0 atom stereocenters. The first-order valence-corrected chi connectivity index (χ1v) is 11.0. The van der Waals surface area contributed by atoms with Crippen LogP contribution >= 0.6 is 0 Å². The smallest absolute Gasteiger partial charge is 0.262 e. The number of benzene rings is 2. The molecule has 0 radical (unpaired) electrons. The maximum atomic E-state index is 13.0. The van der Waals surface area contributed by atoms with E-state index in [0.29, 0.717) is 43.0 Å². The van der Waals surface area contributed by atoms with E-state index in [1.54, 1.807) is 51.1 Å². The number of ether oxygens (including phenoxy) is 2. The summed E-state index contributed by atoms with van der Waals surface area (Å²) in [7, 11) is -3.79. The van der Waals surface area contributed by atoms with Gasteiger partial charge < -0.3 is 14.8 Å². The van der Waals surface area contributed by atoms with Crippen molar-refractivity contribution < 1.29 is 27.5 Å². The number of nitrogens with one attached hydrogen (secondary N) is 1. The van der Waals surface area contributed by atoms with Crippen LogP contribution in [0.5, 0.6) is 11.5 Å². The van der Waals surface area contributed by atoms with Crippen LogP contribution in [0, 0.1) is 0 Å². The number of sulfonamides is 1. The fourth-order valence-corrected chi connectivity index (χ4v) is 4.43. The van der Waals surface area contributed by atoms with Crippen molar-refractivity contribution in [2.45, 2.75) is 25.7 Å². The summed E-state index contributed by atoms with van der Waals surface area (Å²) >= 11 is 0. The lowest BCUT2D eigenvalue weighted by atomic mass is 10.2. The maximum Gasteiger partial charge on any atom is 0.262 e. The Balaban J connectivity index is 2.21. The van der Waals surface area contributed by atoms with Gasteiger partial charge in [-0.15, -0.1) is 0 Å². The Labute approximate surface area is 176 Å². The average Bonchev–Trinajstić information content (AvgIpc) is 2.74. The van der Waals surface area contributed by atoms with Crippen LogP contribution in [-0.2, 0) is 14.8 Å². The molecule has 1 amide bonds. The highest BCUT2D eigenvalue weighted by molar-refractivity contribution is 7.89. The molecule has 0 bridgehead atoms. The molecule has 0 unspecified atom stereocenters. The monoisotopic (exact) mass is 434 g/mol. The number of para-hydroxylation sites is 1. The van der Waals surface area contributed by atoms with Crippen molar-refractivity contribution in [1.29, 1.82) is 0 Å². The van der Waals surface area contributed by atoms with E-state index in [-0.39, 0.29) is 17.3 Å². The van der Waals surface area contributed by atoms with Gasteiger partial charge in [-0.2, -0.15) is 4.31 Å². The van der Waals surface area contributed by atoms with E-state index in [4.69, 9.17) is 9.47 Å². The molecule has 8 nitrogen and oxygen atoms in total. The Bertz CT molecular complexity index is 987. The third kappa shape index (κ3) is 5.58. The fraction of sp³-hybridized carbons (Fsp3) is 0.333. The van der Waals surface area contributed by atoms with Crippen LogP contribution in [0.25, 0.3) is 0 Å². The minimum Gasteiger partial charge on any atom is -0.492 e. The number of hydrogen-bond donors (Lipinski definition) is 1. The molecule has 1 N–H and O–H groups in total. The third-order valence-electron chi connectivity index (χ3n) is 4.26. The Kier molecular flexibility index (Phi) is 8.37. The molecule has 0 saturated heterocycles. The van der Waals surface area contributed by atoms with E-state index in [2.05, 4.69) is 5.32 Å². The van der Waals surface area contributed by atoms with Gasteiger partial charge in [0, 0.05) is 18.8 Å². The number of anilines is 1. The zero-order chi connectivity index (χ0) is 22.1. The molecule has 2 aromatic rings. The SMILES string of the molecule is CCOc1ccc(NC(=O)COc2ccccc2C=O)cc1S(=O)(=O)N(CC)CC. The van der Waals surface area contributed by atoms with Crippen LogP contribution in [0.1, 0.15) is 31.1 Å². The third-order valence-corrected chi connectivity index (χ3v) is 6.33. The summed E-state index contributed by atoms with van der Waals surface area (Å²) in [4.78, 5) is 23.3. The molecule has 162 valence electrons. The van der Waals surface area contributed by atoms with Gasteiger partial charge in [0.1, 0.15) is 16.4 Å². The topological polar surface area (TPSA) is 102 Å². The summed E-state index contributed by atoms with van der Waals surface area (Å²) in [6.07, 6.45) is 0.643. The van der Waals surface area contributed by atoms with E-state index in [0.717, 1.165) is 0 Å². The van der Waals surface area contributed by atoms with Gasteiger partial charge in [-0.25, -0.2) is 8.42 Å². The Morgan fingerprint density at radius 3 is 2.37 bits per heavy atom. The van der Waals surface area contributed by atoms with Crippen molar-refractivity contribution in [1.82, 2.24) is 4.31 Å². The second-order valence-electron chi connectivity index (χ2n) is 6.18. The van der Waals surface area contributed by atoms with E-state index in [1.165, 1.54) is 16.4 Å². The number of hydrogen-bond acceptors (Lipinski definition) is 6. The highest BCUT2D eigenvalue weighted by atomic mass is 32.2. The first-order chi connectivity index (χ1) is 14.4. The molecule has 9 heteroatoms. The van der Waals surface area contributed by atoms with Crippen LogP contribution in [0.3, 0.4) is 0 Å². The lowest BCUT2D eigenvalue weighted by molar-refractivity contribution is -0.118. The zero-order valence-corrected chi connectivity index (χ0v) is 18.1. The predicted octanol–water partition coefficient (Wildman–Crippen LogP) is 2.95. The highest BCUT2D eigenvalue weighted by Gasteiger charge is 2.26. The molecule has 0 fully saturated rings.